The number of benzene rings is 1. The molecule has 1 aliphatic carbocycles. The molecule has 2 rings (SSSR count). The number of carbonyl (C=O) groups is 1. The number of phenolic OH excluding ortho intramolecular Hbond substituents is 1. The second-order valence-electron chi connectivity index (χ2n) is 4.28. The summed E-state index contributed by atoms with van der Waals surface area (Å²) in [5, 5.41) is 12.3. The van der Waals surface area contributed by atoms with Crippen molar-refractivity contribution in [3.8, 4) is 5.75 Å². The van der Waals surface area contributed by atoms with Gasteiger partial charge in [-0.2, -0.15) is 0 Å². The van der Waals surface area contributed by atoms with E-state index in [-0.39, 0.29) is 22.6 Å². The fourth-order valence-corrected chi connectivity index (χ4v) is 1.83. The van der Waals surface area contributed by atoms with E-state index < -0.39 is 0 Å². The third kappa shape index (κ3) is 2.47. The molecule has 1 aromatic rings. The number of hydrogen-bond acceptors (Lipinski definition) is 2. The third-order valence-electron chi connectivity index (χ3n) is 2.96. The second kappa shape index (κ2) is 4.34. The van der Waals surface area contributed by atoms with Crippen LogP contribution in [0.4, 0.5) is 5.69 Å². The Balaban J connectivity index is 2.02. The molecule has 1 amide bonds. The highest BCUT2D eigenvalue weighted by molar-refractivity contribution is 6.32. The Bertz CT molecular complexity index is 415. The van der Waals surface area contributed by atoms with Crippen LogP contribution in [0.3, 0.4) is 0 Å². The fraction of sp³-hybridized carbons (Fsp3) is 0.417. The van der Waals surface area contributed by atoms with E-state index in [2.05, 4.69) is 5.32 Å². The van der Waals surface area contributed by atoms with Gasteiger partial charge in [0.25, 0.3) is 0 Å². The zero-order valence-electron chi connectivity index (χ0n) is 9.03. The van der Waals surface area contributed by atoms with E-state index in [1.54, 1.807) is 12.1 Å². The van der Waals surface area contributed by atoms with Crippen LogP contribution in [0.2, 0.25) is 5.02 Å². The summed E-state index contributed by atoms with van der Waals surface area (Å²) in [6.45, 7) is 1.94. The molecule has 4 heteroatoms. The van der Waals surface area contributed by atoms with Gasteiger partial charge in [0.2, 0.25) is 5.91 Å². The topological polar surface area (TPSA) is 49.3 Å². The van der Waals surface area contributed by atoms with Crippen molar-refractivity contribution in [1.82, 2.24) is 0 Å². The van der Waals surface area contributed by atoms with Crippen LogP contribution in [0.15, 0.2) is 18.2 Å². The average Bonchev–Trinajstić information content (AvgIpc) is 3.06. The van der Waals surface area contributed by atoms with Crippen molar-refractivity contribution < 1.29 is 9.90 Å². The Morgan fingerprint density at radius 3 is 2.81 bits per heavy atom. The first-order valence-electron chi connectivity index (χ1n) is 5.37. The molecule has 0 radical (unpaired) electrons. The van der Waals surface area contributed by atoms with Crippen molar-refractivity contribution in [2.75, 3.05) is 5.32 Å². The highest BCUT2D eigenvalue weighted by Gasteiger charge is 2.32. The highest BCUT2D eigenvalue weighted by atomic mass is 35.5. The first kappa shape index (κ1) is 11.3. The van der Waals surface area contributed by atoms with Crippen molar-refractivity contribution in [1.29, 1.82) is 0 Å². The van der Waals surface area contributed by atoms with Crippen LogP contribution in [-0.2, 0) is 4.79 Å². The lowest BCUT2D eigenvalue weighted by Crippen LogP contribution is -2.21. The summed E-state index contributed by atoms with van der Waals surface area (Å²) < 4.78 is 0. The molecule has 3 nitrogen and oxygen atoms in total. The van der Waals surface area contributed by atoms with Crippen molar-refractivity contribution in [2.24, 2.45) is 11.8 Å². The number of hydrogen-bond donors (Lipinski definition) is 2. The van der Waals surface area contributed by atoms with Crippen LogP contribution < -0.4 is 5.32 Å². The Morgan fingerprint density at radius 2 is 2.25 bits per heavy atom. The Hall–Kier alpha value is -1.22. The Morgan fingerprint density at radius 1 is 1.56 bits per heavy atom. The zero-order chi connectivity index (χ0) is 11.7. The number of amides is 1. The van der Waals surface area contributed by atoms with Crippen molar-refractivity contribution >= 4 is 23.2 Å². The summed E-state index contributed by atoms with van der Waals surface area (Å²) in [5.74, 6) is 0.624. The maximum atomic E-state index is 11.8. The molecular formula is C12H14ClNO2. The molecule has 1 saturated carbocycles. The van der Waals surface area contributed by atoms with Gasteiger partial charge in [0.05, 0.1) is 5.02 Å². The molecule has 2 N–H and O–H groups in total. The van der Waals surface area contributed by atoms with E-state index in [1.807, 2.05) is 6.92 Å². The van der Waals surface area contributed by atoms with Crippen molar-refractivity contribution in [3.63, 3.8) is 0 Å². The summed E-state index contributed by atoms with van der Waals surface area (Å²) in [4.78, 5) is 11.8. The van der Waals surface area contributed by atoms with Gasteiger partial charge >= 0.3 is 0 Å². The predicted octanol–water partition coefficient (Wildman–Crippen LogP) is 3.03. The quantitative estimate of drug-likeness (QED) is 0.797. The molecular weight excluding hydrogens is 226 g/mol. The normalized spacial score (nSPS) is 16.9. The van der Waals surface area contributed by atoms with Gasteiger partial charge in [-0.3, -0.25) is 4.79 Å². The van der Waals surface area contributed by atoms with Crippen LogP contribution in [0.25, 0.3) is 0 Å². The standard InChI is InChI=1S/C12H14ClNO2/c1-7(8-2-3-8)12(16)14-9-4-5-11(15)10(13)6-9/h4-8,15H,2-3H2,1H3,(H,14,16). The van der Waals surface area contributed by atoms with Crippen LogP contribution in [0.1, 0.15) is 19.8 Å². The number of aromatic hydroxyl groups is 1. The molecule has 1 aromatic carbocycles. The molecule has 1 unspecified atom stereocenters. The molecule has 0 spiro atoms. The van der Waals surface area contributed by atoms with Gasteiger partial charge in [-0.1, -0.05) is 18.5 Å². The highest BCUT2D eigenvalue weighted by Crippen LogP contribution is 2.37. The molecule has 1 aliphatic rings. The van der Waals surface area contributed by atoms with Gasteiger partial charge in [0.15, 0.2) is 0 Å². The van der Waals surface area contributed by atoms with Crippen LogP contribution in [-0.4, -0.2) is 11.0 Å². The minimum atomic E-state index is 0.0178. The number of rotatable bonds is 3. The van der Waals surface area contributed by atoms with Gasteiger partial charge in [0, 0.05) is 11.6 Å². The molecule has 16 heavy (non-hydrogen) atoms. The van der Waals surface area contributed by atoms with Gasteiger partial charge in [0.1, 0.15) is 5.75 Å². The summed E-state index contributed by atoms with van der Waals surface area (Å²) >= 11 is 5.75. The van der Waals surface area contributed by atoms with E-state index in [9.17, 15) is 9.90 Å². The van der Waals surface area contributed by atoms with Crippen molar-refractivity contribution in [2.45, 2.75) is 19.8 Å². The predicted molar refractivity (Wildman–Crippen MR) is 63.6 cm³/mol. The van der Waals surface area contributed by atoms with E-state index in [1.165, 1.54) is 6.07 Å². The maximum absolute atomic E-state index is 11.8. The number of carbonyl (C=O) groups excluding carboxylic acids is 1. The van der Waals surface area contributed by atoms with Crippen LogP contribution in [0, 0.1) is 11.8 Å². The van der Waals surface area contributed by atoms with Crippen molar-refractivity contribution in [3.05, 3.63) is 23.2 Å². The van der Waals surface area contributed by atoms with Gasteiger partial charge in [-0.15, -0.1) is 0 Å². The summed E-state index contributed by atoms with van der Waals surface area (Å²) in [6.07, 6.45) is 2.29. The average molecular weight is 240 g/mol. The number of phenols is 1. The second-order valence-corrected chi connectivity index (χ2v) is 4.69. The third-order valence-corrected chi connectivity index (χ3v) is 3.26. The number of anilines is 1. The lowest BCUT2D eigenvalue weighted by molar-refractivity contribution is -0.119. The van der Waals surface area contributed by atoms with Crippen LogP contribution in [0.5, 0.6) is 5.75 Å². The molecule has 0 heterocycles. The minimum absolute atomic E-state index is 0.0178. The molecule has 86 valence electrons. The Labute approximate surface area is 99.4 Å². The van der Waals surface area contributed by atoms with Crippen LogP contribution >= 0.6 is 11.6 Å². The fourth-order valence-electron chi connectivity index (χ4n) is 1.65. The lowest BCUT2D eigenvalue weighted by Gasteiger charge is -2.11. The summed E-state index contributed by atoms with van der Waals surface area (Å²) in [5.41, 5.74) is 0.625. The number of halogens is 1. The van der Waals surface area contributed by atoms with Gasteiger partial charge in [-0.05, 0) is 37.0 Å². The number of nitrogens with one attached hydrogen (secondary N) is 1. The largest absolute Gasteiger partial charge is 0.506 e. The molecule has 0 aliphatic heterocycles. The molecule has 0 saturated heterocycles. The van der Waals surface area contributed by atoms with E-state index in [4.69, 9.17) is 11.6 Å². The van der Waals surface area contributed by atoms with E-state index in [0.29, 0.717) is 11.6 Å². The Kier molecular flexibility index (Phi) is 3.06. The van der Waals surface area contributed by atoms with E-state index in [0.717, 1.165) is 12.8 Å². The monoisotopic (exact) mass is 239 g/mol. The SMILES string of the molecule is CC(C(=O)Nc1ccc(O)c(Cl)c1)C1CC1. The molecule has 1 fully saturated rings. The molecule has 0 aromatic heterocycles. The van der Waals surface area contributed by atoms with Gasteiger partial charge < -0.3 is 10.4 Å². The van der Waals surface area contributed by atoms with E-state index >= 15 is 0 Å². The minimum Gasteiger partial charge on any atom is -0.506 e. The molecule has 0 bridgehead atoms. The first-order chi connectivity index (χ1) is 7.58. The summed E-state index contributed by atoms with van der Waals surface area (Å²) in [6, 6.07) is 4.66. The maximum Gasteiger partial charge on any atom is 0.227 e. The summed E-state index contributed by atoms with van der Waals surface area (Å²) in [7, 11) is 0. The van der Waals surface area contributed by atoms with Gasteiger partial charge in [-0.25, -0.2) is 0 Å². The molecule has 1 atom stereocenters. The zero-order valence-corrected chi connectivity index (χ0v) is 9.79. The lowest BCUT2D eigenvalue weighted by atomic mass is 10.1. The first-order valence-corrected chi connectivity index (χ1v) is 5.75. The smallest absolute Gasteiger partial charge is 0.227 e.